The molecular formula is C15H30N4O2. The number of rotatable bonds is 5. The molecule has 1 aliphatic rings. The van der Waals surface area contributed by atoms with E-state index in [1.165, 1.54) is 0 Å². The number of hydrogen-bond donors (Lipinski definition) is 2. The van der Waals surface area contributed by atoms with Crippen LogP contribution in [-0.4, -0.2) is 63.2 Å². The molecule has 1 saturated heterocycles. The summed E-state index contributed by atoms with van der Waals surface area (Å²) in [7, 11) is 5.21. The number of carbonyl (C=O) groups excluding carboxylic acids is 1. The van der Waals surface area contributed by atoms with Gasteiger partial charge in [-0.1, -0.05) is 13.8 Å². The smallest absolute Gasteiger partial charge is 0.241 e. The van der Waals surface area contributed by atoms with E-state index < -0.39 is 0 Å². The molecule has 0 spiro atoms. The van der Waals surface area contributed by atoms with Crippen LogP contribution in [0.5, 0.6) is 0 Å². The second kappa shape index (κ2) is 8.87. The summed E-state index contributed by atoms with van der Waals surface area (Å²) in [5.74, 6) is 1.35. The van der Waals surface area contributed by atoms with Gasteiger partial charge in [0.25, 0.3) is 0 Å². The number of hydrogen-bond acceptors (Lipinski definition) is 3. The maximum Gasteiger partial charge on any atom is 0.241 e. The highest BCUT2D eigenvalue weighted by atomic mass is 16.5. The van der Waals surface area contributed by atoms with Crippen molar-refractivity contribution in [2.75, 3.05) is 34.3 Å². The summed E-state index contributed by atoms with van der Waals surface area (Å²) < 4.78 is 5.80. The molecule has 1 fully saturated rings. The molecule has 0 aromatic heterocycles. The SMILES string of the molecule is CN=C(NCC(=O)N(C)C)NC1CCOC(CC(C)C)C1. The first-order valence-corrected chi connectivity index (χ1v) is 7.71. The summed E-state index contributed by atoms with van der Waals surface area (Å²) >= 11 is 0. The van der Waals surface area contributed by atoms with Crippen LogP contribution >= 0.6 is 0 Å². The van der Waals surface area contributed by atoms with Gasteiger partial charge in [0.05, 0.1) is 12.6 Å². The van der Waals surface area contributed by atoms with E-state index in [0.717, 1.165) is 25.9 Å². The van der Waals surface area contributed by atoms with E-state index >= 15 is 0 Å². The van der Waals surface area contributed by atoms with Crippen molar-refractivity contribution in [1.29, 1.82) is 0 Å². The van der Waals surface area contributed by atoms with E-state index in [1.807, 2.05) is 0 Å². The van der Waals surface area contributed by atoms with Gasteiger partial charge in [-0.25, -0.2) is 0 Å². The Bertz CT molecular complexity index is 356. The summed E-state index contributed by atoms with van der Waals surface area (Å²) in [6.07, 6.45) is 3.36. The molecule has 0 saturated carbocycles. The minimum absolute atomic E-state index is 0.0302. The van der Waals surface area contributed by atoms with E-state index in [1.54, 1.807) is 26.0 Å². The van der Waals surface area contributed by atoms with Crippen LogP contribution in [0.4, 0.5) is 0 Å². The predicted octanol–water partition coefficient (Wildman–Crippen LogP) is 0.833. The predicted molar refractivity (Wildman–Crippen MR) is 85.4 cm³/mol. The van der Waals surface area contributed by atoms with Crippen LogP contribution in [0, 0.1) is 5.92 Å². The first kappa shape index (κ1) is 17.8. The molecule has 1 amide bonds. The monoisotopic (exact) mass is 298 g/mol. The van der Waals surface area contributed by atoms with Crippen LogP contribution in [0.1, 0.15) is 33.1 Å². The molecule has 0 aromatic rings. The van der Waals surface area contributed by atoms with Crippen molar-refractivity contribution >= 4 is 11.9 Å². The first-order valence-electron chi connectivity index (χ1n) is 7.71. The van der Waals surface area contributed by atoms with Crippen LogP contribution in [0.15, 0.2) is 4.99 Å². The van der Waals surface area contributed by atoms with Gasteiger partial charge >= 0.3 is 0 Å². The Morgan fingerprint density at radius 3 is 2.71 bits per heavy atom. The van der Waals surface area contributed by atoms with Crippen LogP contribution in [0.2, 0.25) is 0 Å². The molecule has 0 bridgehead atoms. The Morgan fingerprint density at radius 1 is 1.43 bits per heavy atom. The van der Waals surface area contributed by atoms with Gasteiger partial charge < -0.3 is 20.3 Å². The molecule has 0 aliphatic carbocycles. The van der Waals surface area contributed by atoms with Gasteiger partial charge in [0, 0.05) is 33.8 Å². The molecule has 122 valence electrons. The van der Waals surface area contributed by atoms with Gasteiger partial charge in [-0.05, 0) is 25.2 Å². The van der Waals surface area contributed by atoms with Crippen LogP contribution < -0.4 is 10.6 Å². The molecule has 1 aliphatic heterocycles. The Balaban J connectivity index is 2.40. The number of aliphatic imine (C=N–C) groups is 1. The summed E-state index contributed by atoms with van der Waals surface area (Å²) in [6.45, 7) is 5.47. The number of nitrogens with one attached hydrogen (secondary N) is 2. The minimum atomic E-state index is 0.0302. The van der Waals surface area contributed by atoms with Crippen LogP contribution in [0.25, 0.3) is 0 Å². The largest absolute Gasteiger partial charge is 0.378 e. The quantitative estimate of drug-likeness (QED) is 0.583. The van der Waals surface area contributed by atoms with E-state index in [2.05, 4.69) is 29.5 Å². The molecule has 6 heteroatoms. The number of likely N-dealkylation sites (N-methyl/N-ethyl adjacent to an activating group) is 1. The van der Waals surface area contributed by atoms with Crippen molar-refractivity contribution in [3.63, 3.8) is 0 Å². The maximum absolute atomic E-state index is 11.6. The fourth-order valence-electron chi connectivity index (χ4n) is 2.41. The molecular weight excluding hydrogens is 268 g/mol. The second-order valence-electron chi connectivity index (χ2n) is 6.20. The number of guanidine groups is 1. The lowest BCUT2D eigenvalue weighted by atomic mass is 9.96. The minimum Gasteiger partial charge on any atom is -0.378 e. The summed E-state index contributed by atoms with van der Waals surface area (Å²) in [6, 6.07) is 0.350. The molecule has 21 heavy (non-hydrogen) atoms. The Kier molecular flexibility index (Phi) is 7.50. The van der Waals surface area contributed by atoms with Crippen molar-refractivity contribution in [3.8, 4) is 0 Å². The number of carbonyl (C=O) groups is 1. The lowest BCUT2D eigenvalue weighted by Gasteiger charge is -2.32. The molecule has 2 unspecified atom stereocenters. The average molecular weight is 298 g/mol. The highest BCUT2D eigenvalue weighted by Gasteiger charge is 2.24. The molecule has 0 aromatic carbocycles. The Morgan fingerprint density at radius 2 is 2.14 bits per heavy atom. The fraction of sp³-hybridized carbons (Fsp3) is 0.867. The van der Waals surface area contributed by atoms with Crippen LogP contribution in [0.3, 0.4) is 0 Å². The zero-order valence-electron chi connectivity index (χ0n) is 14.0. The Labute approximate surface area is 128 Å². The maximum atomic E-state index is 11.6. The number of nitrogens with zero attached hydrogens (tertiary/aromatic N) is 2. The lowest BCUT2D eigenvalue weighted by Crippen LogP contribution is -2.49. The van der Waals surface area contributed by atoms with Gasteiger partial charge in [0.1, 0.15) is 0 Å². The van der Waals surface area contributed by atoms with Gasteiger partial charge in [-0.15, -0.1) is 0 Å². The first-order chi connectivity index (χ1) is 9.92. The third kappa shape index (κ3) is 6.80. The number of amides is 1. The van der Waals surface area contributed by atoms with Crippen molar-refractivity contribution in [2.45, 2.75) is 45.3 Å². The number of ether oxygens (including phenoxy) is 1. The zero-order valence-corrected chi connectivity index (χ0v) is 14.0. The lowest BCUT2D eigenvalue weighted by molar-refractivity contribution is -0.127. The summed E-state index contributed by atoms with van der Waals surface area (Å²) in [5, 5.41) is 6.45. The summed E-state index contributed by atoms with van der Waals surface area (Å²) in [5.41, 5.74) is 0. The Hall–Kier alpha value is -1.30. The van der Waals surface area contributed by atoms with E-state index in [-0.39, 0.29) is 12.5 Å². The van der Waals surface area contributed by atoms with E-state index in [4.69, 9.17) is 4.74 Å². The molecule has 1 rings (SSSR count). The molecule has 2 atom stereocenters. The van der Waals surface area contributed by atoms with Crippen molar-refractivity contribution in [1.82, 2.24) is 15.5 Å². The van der Waals surface area contributed by atoms with E-state index in [9.17, 15) is 4.79 Å². The summed E-state index contributed by atoms with van der Waals surface area (Å²) in [4.78, 5) is 17.3. The van der Waals surface area contributed by atoms with Gasteiger partial charge in [0.2, 0.25) is 5.91 Å². The fourth-order valence-corrected chi connectivity index (χ4v) is 2.41. The van der Waals surface area contributed by atoms with Gasteiger partial charge in [0.15, 0.2) is 5.96 Å². The van der Waals surface area contributed by atoms with Crippen molar-refractivity contribution in [3.05, 3.63) is 0 Å². The van der Waals surface area contributed by atoms with Crippen molar-refractivity contribution < 1.29 is 9.53 Å². The normalized spacial score (nSPS) is 23.0. The highest BCUT2D eigenvalue weighted by molar-refractivity contribution is 5.86. The zero-order chi connectivity index (χ0) is 15.8. The van der Waals surface area contributed by atoms with Gasteiger partial charge in [-0.3, -0.25) is 9.79 Å². The molecule has 0 radical (unpaired) electrons. The highest BCUT2D eigenvalue weighted by Crippen LogP contribution is 2.19. The molecule has 2 N–H and O–H groups in total. The van der Waals surface area contributed by atoms with Crippen LogP contribution in [-0.2, 0) is 9.53 Å². The molecule has 1 heterocycles. The third-order valence-corrected chi connectivity index (χ3v) is 3.57. The second-order valence-corrected chi connectivity index (χ2v) is 6.20. The third-order valence-electron chi connectivity index (χ3n) is 3.57. The van der Waals surface area contributed by atoms with E-state index in [0.29, 0.717) is 24.0 Å². The average Bonchev–Trinajstić information content (AvgIpc) is 2.42. The standard InChI is InChI=1S/C15H30N4O2/c1-11(2)8-13-9-12(6-7-21-13)18-15(16-3)17-10-14(20)19(4)5/h11-13H,6-10H2,1-5H3,(H2,16,17,18). The topological polar surface area (TPSA) is 66.0 Å². The van der Waals surface area contributed by atoms with Crippen molar-refractivity contribution in [2.24, 2.45) is 10.9 Å². The molecule has 6 nitrogen and oxygen atoms in total. The van der Waals surface area contributed by atoms with Gasteiger partial charge in [-0.2, -0.15) is 0 Å².